The fraction of sp³-hybridized carbons (Fsp3) is 0.579. The van der Waals surface area contributed by atoms with Gasteiger partial charge in [0.1, 0.15) is 6.04 Å². The predicted octanol–water partition coefficient (Wildman–Crippen LogP) is 2.73. The molecule has 2 aliphatic heterocycles. The van der Waals surface area contributed by atoms with E-state index < -0.39 is 17.8 Å². The summed E-state index contributed by atoms with van der Waals surface area (Å²) in [4.78, 5) is 26.9. The zero-order valence-corrected chi connectivity index (χ0v) is 16.2. The summed E-state index contributed by atoms with van der Waals surface area (Å²) in [6.45, 7) is 2.28. The lowest BCUT2D eigenvalue weighted by Gasteiger charge is -2.30. The molecule has 1 aromatic rings. The number of nitrogens with zero attached hydrogens (tertiary/aromatic N) is 1. The molecule has 28 heavy (non-hydrogen) atoms. The van der Waals surface area contributed by atoms with Crippen LogP contribution in [0.1, 0.15) is 36.8 Å². The van der Waals surface area contributed by atoms with Crippen LogP contribution in [-0.4, -0.2) is 42.4 Å². The minimum Gasteiger partial charge on any atom is -0.350 e. The second-order valence-corrected chi connectivity index (χ2v) is 7.15. The summed E-state index contributed by atoms with van der Waals surface area (Å²) in [5.74, 6) is -0.305. The van der Waals surface area contributed by atoms with E-state index in [0.29, 0.717) is 25.1 Å². The predicted molar refractivity (Wildman–Crippen MR) is 101 cm³/mol. The van der Waals surface area contributed by atoms with Crippen LogP contribution < -0.4 is 10.6 Å². The van der Waals surface area contributed by atoms with E-state index in [2.05, 4.69) is 10.6 Å². The van der Waals surface area contributed by atoms with Crippen molar-refractivity contribution in [2.45, 2.75) is 44.4 Å². The van der Waals surface area contributed by atoms with Gasteiger partial charge in [-0.05, 0) is 49.9 Å². The number of carbonyl (C=O) groups is 2. The molecule has 2 heterocycles. The molecule has 3 rings (SSSR count). The Hall–Kier alpha value is -1.80. The molecule has 2 saturated heterocycles. The molecular weight excluding hydrogens is 395 g/mol. The lowest BCUT2D eigenvalue weighted by atomic mass is 9.97. The Morgan fingerprint density at radius 2 is 1.86 bits per heavy atom. The molecule has 2 amide bonds. The first kappa shape index (κ1) is 22.5. The molecule has 9 heteroatoms. The van der Waals surface area contributed by atoms with E-state index in [0.717, 1.165) is 37.9 Å². The molecule has 0 bridgehead atoms. The molecule has 5 nitrogen and oxygen atoms in total. The molecule has 2 atom stereocenters. The normalized spacial score (nSPS) is 22.5. The smallest absolute Gasteiger partial charge is 0.350 e. The molecular formula is C19H25ClF3N3O2. The Bertz CT molecular complexity index is 676. The third-order valence-corrected chi connectivity index (χ3v) is 5.23. The van der Waals surface area contributed by atoms with E-state index in [9.17, 15) is 22.8 Å². The van der Waals surface area contributed by atoms with E-state index >= 15 is 0 Å². The van der Waals surface area contributed by atoms with Gasteiger partial charge in [0.05, 0.1) is 11.5 Å². The van der Waals surface area contributed by atoms with Crippen molar-refractivity contribution in [1.29, 1.82) is 0 Å². The van der Waals surface area contributed by atoms with Gasteiger partial charge in [0.15, 0.2) is 0 Å². The van der Waals surface area contributed by atoms with Crippen molar-refractivity contribution in [1.82, 2.24) is 15.5 Å². The highest BCUT2D eigenvalue weighted by molar-refractivity contribution is 5.89. The van der Waals surface area contributed by atoms with Gasteiger partial charge < -0.3 is 15.5 Å². The fourth-order valence-corrected chi connectivity index (χ4v) is 3.72. The number of alkyl halides is 3. The summed E-state index contributed by atoms with van der Waals surface area (Å²) < 4.78 is 37.8. The molecule has 1 aromatic carbocycles. The molecule has 2 N–H and O–H groups in total. The van der Waals surface area contributed by atoms with Crippen molar-refractivity contribution < 1.29 is 22.8 Å². The van der Waals surface area contributed by atoms with Gasteiger partial charge in [0.25, 0.3) is 0 Å². The topological polar surface area (TPSA) is 61.4 Å². The molecule has 156 valence electrons. The van der Waals surface area contributed by atoms with E-state index in [1.165, 1.54) is 12.1 Å². The van der Waals surface area contributed by atoms with E-state index in [1.807, 2.05) is 0 Å². The average Bonchev–Trinajstić information content (AvgIpc) is 3.16. The van der Waals surface area contributed by atoms with Gasteiger partial charge in [-0.2, -0.15) is 13.2 Å². The lowest BCUT2D eigenvalue weighted by molar-refractivity contribution is -0.142. The number of hydrogen-bond acceptors (Lipinski definition) is 3. The van der Waals surface area contributed by atoms with Crippen LogP contribution >= 0.6 is 12.4 Å². The van der Waals surface area contributed by atoms with Crippen molar-refractivity contribution in [3.63, 3.8) is 0 Å². The van der Waals surface area contributed by atoms with Gasteiger partial charge in [0, 0.05) is 19.6 Å². The number of piperidine rings is 1. The minimum absolute atomic E-state index is 0. The van der Waals surface area contributed by atoms with Crippen LogP contribution in [0.25, 0.3) is 0 Å². The van der Waals surface area contributed by atoms with Gasteiger partial charge >= 0.3 is 6.18 Å². The maximum absolute atomic E-state index is 12.7. The average molecular weight is 420 g/mol. The minimum atomic E-state index is -4.37. The van der Waals surface area contributed by atoms with E-state index in [-0.39, 0.29) is 36.7 Å². The Morgan fingerprint density at radius 3 is 2.46 bits per heavy atom. The number of halogens is 4. The summed E-state index contributed by atoms with van der Waals surface area (Å²) in [6.07, 6.45) is -1.19. The summed E-state index contributed by atoms with van der Waals surface area (Å²) in [5, 5.41) is 5.97. The van der Waals surface area contributed by atoms with Gasteiger partial charge in [-0.25, -0.2) is 0 Å². The summed E-state index contributed by atoms with van der Waals surface area (Å²) in [6, 6.07) is 4.23. The third kappa shape index (κ3) is 5.38. The first-order chi connectivity index (χ1) is 12.9. The molecule has 0 radical (unpaired) electrons. The maximum Gasteiger partial charge on any atom is 0.416 e. The van der Waals surface area contributed by atoms with Gasteiger partial charge in [-0.3, -0.25) is 9.59 Å². The summed E-state index contributed by atoms with van der Waals surface area (Å²) in [7, 11) is 0. The fourth-order valence-electron chi connectivity index (χ4n) is 3.72. The van der Waals surface area contributed by atoms with Crippen molar-refractivity contribution in [3.8, 4) is 0 Å². The quantitative estimate of drug-likeness (QED) is 0.789. The second kappa shape index (κ2) is 9.60. The van der Waals surface area contributed by atoms with Crippen LogP contribution in [-0.2, 0) is 22.3 Å². The summed E-state index contributed by atoms with van der Waals surface area (Å²) >= 11 is 0. The Morgan fingerprint density at radius 1 is 1.14 bits per heavy atom. The first-order valence-electron chi connectivity index (χ1n) is 9.31. The van der Waals surface area contributed by atoms with Crippen molar-refractivity contribution in [2.24, 2.45) is 5.92 Å². The van der Waals surface area contributed by atoms with Gasteiger partial charge in [-0.15, -0.1) is 12.4 Å². The van der Waals surface area contributed by atoms with Gasteiger partial charge in [-0.1, -0.05) is 12.1 Å². The van der Waals surface area contributed by atoms with Crippen LogP contribution in [0.15, 0.2) is 24.3 Å². The van der Waals surface area contributed by atoms with Gasteiger partial charge in [0.2, 0.25) is 11.8 Å². The maximum atomic E-state index is 12.7. The zero-order valence-electron chi connectivity index (χ0n) is 15.4. The van der Waals surface area contributed by atoms with Crippen LogP contribution in [0, 0.1) is 5.92 Å². The summed E-state index contributed by atoms with van der Waals surface area (Å²) in [5.41, 5.74) is -0.130. The molecule has 0 spiro atoms. The van der Waals surface area contributed by atoms with E-state index in [4.69, 9.17) is 0 Å². The number of amides is 2. The first-order valence-corrected chi connectivity index (χ1v) is 9.31. The third-order valence-electron chi connectivity index (χ3n) is 5.23. The highest BCUT2D eigenvalue weighted by Gasteiger charge is 2.37. The Kier molecular flexibility index (Phi) is 7.71. The number of likely N-dealkylation sites (tertiary alicyclic amines) is 1. The monoisotopic (exact) mass is 419 g/mol. The molecule has 0 saturated carbocycles. The number of benzene rings is 1. The van der Waals surface area contributed by atoms with Crippen molar-refractivity contribution in [3.05, 3.63) is 35.4 Å². The standard InChI is InChI=1S/C19H24F3N3O2.ClH/c20-19(21,22)15-7-5-13(6-8-15)11-24-17(26)16-4-2-10-25(16)18(27)14-3-1-9-23-12-14;/h5-8,14,16,23H,1-4,9-12H2,(H,24,26);1H/t14-,16+;/m0./s1. The number of hydrogen-bond donors (Lipinski definition) is 2. The van der Waals surface area contributed by atoms with Crippen molar-refractivity contribution in [2.75, 3.05) is 19.6 Å². The van der Waals surface area contributed by atoms with Crippen LogP contribution in [0.5, 0.6) is 0 Å². The molecule has 2 aliphatic rings. The molecule has 0 aromatic heterocycles. The zero-order chi connectivity index (χ0) is 19.4. The lowest BCUT2D eigenvalue weighted by Crippen LogP contribution is -2.50. The molecule has 0 aliphatic carbocycles. The van der Waals surface area contributed by atoms with E-state index in [1.54, 1.807) is 4.90 Å². The Labute approximate surface area is 168 Å². The second-order valence-electron chi connectivity index (χ2n) is 7.15. The highest BCUT2D eigenvalue weighted by atomic mass is 35.5. The Balaban J connectivity index is 0.00000280. The number of nitrogens with one attached hydrogen (secondary N) is 2. The molecule has 2 fully saturated rings. The number of rotatable bonds is 4. The largest absolute Gasteiger partial charge is 0.416 e. The van der Waals surface area contributed by atoms with Crippen LogP contribution in [0.4, 0.5) is 13.2 Å². The highest BCUT2D eigenvalue weighted by Crippen LogP contribution is 2.29. The molecule has 0 unspecified atom stereocenters. The van der Waals surface area contributed by atoms with Crippen LogP contribution in [0.3, 0.4) is 0 Å². The number of carbonyl (C=O) groups excluding carboxylic acids is 2. The van der Waals surface area contributed by atoms with Crippen molar-refractivity contribution >= 4 is 24.2 Å². The SMILES string of the molecule is Cl.O=C(NCc1ccc(C(F)(F)F)cc1)[C@H]1CCCN1C(=O)[C@H]1CCCNC1. The van der Waals surface area contributed by atoms with Crippen LogP contribution in [0.2, 0.25) is 0 Å².